The van der Waals surface area contributed by atoms with E-state index < -0.39 is 10.0 Å². The highest BCUT2D eigenvalue weighted by Crippen LogP contribution is 2.24. The van der Waals surface area contributed by atoms with E-state index in [-0.39, 0.29) is 12.4 Å². The van der Waals surface area contributed by atoms with Crippen LogP contribution in [0.4, 0.5) is 11.4 Å². The maximum absolute atomic E-state index is 11.7. The van der Waals surface area contributed by atoms with Gasteiger partial charge in [0, 0.05) is 26.3 Å². The molecule has 0 saturated heterocycles. The molecule has 0 amide bonds. The van der Waals surface area contributed by atoms with Crippen LogP contribution in [0, 0.1) is 0 Å². The number of hydrogen-bond acceptors (Lipinski definition) is 3. The van der Waals surface area contributed by atoms with Crippen LogP contribution in [0.5, 0.6) is 0 Å². The van der Waals surface area contributed by atoms with Gasteiger partial charge in [-0.05, 0) is 47.0 Å². The number of likely N-dealkylation sites (N-methyl/N-ethyl adjacent to an activating group) is 1. The quantitative estimate of drug-likeness (QED) is 0.613. The number of benzene rings is 3. The Morgan fingerprint density at radius 2 is 1.44 bits per heavy atom. The molecule has 3 aromatic rings. The Bertz CT molecular complexity index is 1010. The second-order valence-electron chi connectivity index (χ2n) is 6.60. The molecule has 0 unspecified atom stereocenters. The minimum Gasteiger partial charge on any atom is -0.374 e. The molecule has 144 valence electrons. The summed E-state index contributed by atoms with van der Waals surface area (Å²) in [6.45, 7) is 0.935. The van der Waals surface area contributed by atoms with Crippen LogP contribution in [0.25, 0.3) is 10.8 Å². The van der Waals surface area contributed by atoms with Crippen molar-refractivity contribution in [2.75, 3.05) is 36.1 Å². The van der Waals surface area contributed by atoms with E-state index in [4.69, 9.17) is 0 Å². The number of hydrogen-bond donors (Lipinski definition) is 0. The Labute approximate surface area is 167 Å². The molecule has 0 radical (unpaired) electrons. The van der Waals surface area contributed by atoms with Crippen molar-refractivity contribution < 1.29 is 8.42 Å². The Balaban J connectivity index is 0.00000261. The topological polar surface area (TPSA) is 40.6 Å². The number of para-hydroxylation sites is 1. The lowest BCUT2D eigenvalue weighted by molar-refractivity contribution is 0.600. The molecule has 3 aromatic carbocycles. The summed E-state index contributed by atoms with van der Waals surface area (Å²) in [5.74, 6) is 0. The van der Waals surface area contributed by atoms with Gasteiger partial charge < -0.3 is 4.90 Å². The van der Waals surface area contributed by atoms with Gasteiger partial charge in [-0.2, -0.15) is 0 Å². The minimum atomic E-state index is -3.25. The van der Waals surface area contributed by atoms with Gasteiger partial charge in [0.05, 0.1) is 11.9 Å². The van der Waals surface area contributed by atoms with Gasteiger partial charge in [0.2, 0.25) is 10.0 Å². The van der Waals surface area contributed by atoms with E-state index in [2.05, 4.69) is 42.3 Å². The number of sulfonamides is 1. The molecule has 3 rings (SSSR count). The summed E-state index contributed by atoms with van der Waals surface area (Å²) in [5, 5.41) is 2.16. The van der Waals surface area contributed by atoms with Gasteiger partial charge in [-0.15, -0.1) is 12.4 Å². The third kappa shape index (κ3) is 5.15. The van der Waals surface area contributed by atoms with Crippen molar-refractivity contribution in [3.8, 4) is 0 Å². The molecule has 0 saturated carbocycles. The van der Waals surface area contributed by atoms with E-state index >= 15 is 0 Å². The average molecular weight is 405 g/mol. The standard InChI is InChI=1S/C21H24N2O2S.ClH/c1-22(20-7-5-4-6-8-20)14-13-17-9-10-19-16-21(12-11-18(19)15-17)23(2)26(3,24)25;/h4-12,15-16H,13-14H2,1-3H3;1H. The first-order valence-corrected chi connectivity index (χ1v) is 10.4. The predicted molar refractivity (Wildman–Crippen MR) is 118 cm³/mol. The number of rotatable bonds is 6. The molecule has 4 nitrogen and oxygen atoms in total. The highest BCUT2D eigenvalue weighted by molar-refractivity contribution is 7.92. The van der Waals surface area contributed by atoms with E-state index in [1.54, 1.807) is 7.05 Å². The molecular formula is C21H25ClN2O2S. The first-order valence-electron chi connectivity index (χ1n) is 8.57. The molecule has 6 heteroatoms. The molecule has 0 heterocycles. The summed E-state index contributed by atoms with van der Waals surface area (Å²) in [7, 11) is 0.425. The van der Waals surface area contributed by atoms with Crippen molar-refractivity contribution in [3.63, 3.8) is 0 Å². The Hall–Kier alpha value is -2.24. The van der Waals surface area contributed by atoms with Gasteiger partial charge >= 0.3 is 0 Å². The first-order chi connectivity index (χ1) is 12.3. The maximum atomic E-state index is 11.7. The molecule has 0 N–H and O–H groups in total. The predicted octanol–water partition coefficient (Wildman–Crippen LogP) is 4.34. The number of fused-ring (bicyclic) bond motifs is 1. The summed E-state index contributed by atoms with van der Waals surface area (Å²) in [6, 6.07) is 22.4. The molecule has 27 heavy (non-hydrogen) atoms. The van der Waals surface area contributed by atoms with Gasteiger partial charge in [0.25, 0.3) is 0 Å². The lowest BCUT2D eigenvalue weighted by Crippen LogP contribution is -2.24. The lowest BCUT2D eigenvalue weighted by atomic mass is 10.0. The smallest absolute Gasteiger partial charge is 0.231 e. The van der Waals surface area contributed by atoms with Crippen LogP contribution in [0.15, 0.2) is 66.7 Å². The van der Waals surface area contributed by atoms with E-state index in [0.29, 0.717) is 5.69 Å². The molecule has 0 aliphatic heterocycles. The summed E-state index contributed by atoms with van der Waals surface area (Å²) in [4.78, 5) is 2.24. The zero-order valence-corrected chi connectivity index (χ0v) is 17.4. The normalized spacial score (nSPS) is 11.1. The zero-order chi connectivity index (χ0) is 18.7. The molecule has 0 bridgehead atoms. The van der Waals surface area contributed by atoms with Gasteiger partial charge in [-0.25, -0.2) is 8.42 Å². The summed E-state index contributed by atoms with van der Waals surface area (Å²) in [5.41, 5.74) is 3.16. The molecule has 0 spiro atoms. The summed E-state index contributed by atoms with van der Waals surface area (Å²) >= 11 is 0. The monoisotopic (exact) mass is 404 g/mol. The van der Waals surface area contributed by atoms with Crippen LogP contribution in [-0.4, -0.2) is 35.3 Å². The van der Waals surface area contributed by atoms with E-state index in [1.165, 1.54) is 21.8 Å². The Morgan fingerprint density at radius 3 is 2.11 bits per heavy atom. The van der Waals surface area contributed by atoms with Crippen LogP contribution in [0.3, 0.4) is 0 Å². The van der Waals surface area contributed by atoms with Gasteiger partial charge in [-0.3, -0.25) is 4.31 Å². The highest BCUT2D eigenvalue weighted by atomic mass is 35.5. The highest BCUT2D eigenvalue weighted by Gasteiger charge is 2.12. The van der Waals surface area contributed by atoms with Gasteiger partial charge in [-0.1, -0.05) is 42.5 Å². The van der Waals surface area contributed by atoms with E-state index in [1.807, 2.05) is 36.4 Å². The second-order valence-corrected chi connectivity index (χ2v) is 8.62. The van der Waals surface area contributed by atoms with E-state index in [9.17, 15) is 8.42 Å². The third-order valence-electron chi connectivity index (χ3n) is 4.68. The SMILES string of the molecule is CN(CCc1ccc2cc(N(C)S(C)(=O)=O)ccc2c1)c1ccccc1.Cl. The van der Waals surface area contributed by atoms with E-state index in [0.717, 1.165) is 23.7 Å². The van der Waals surface area contributed by atoms with Crippen LogP contribution >= 0.6 is 12.4 Å². The number of anilines is 2. The van der Waals surface area contributed by atoms with Crippen molar-refractivity contribution in [2.45, 2.75) is 6.42 Å². The van der Waals surface area contributed by atoms with Crippen LogP contribution in [-0.2, 0) is 16.4 Å². The summed E-state index contributed by atoms with van der Waals surface area (Å²) < 4.78 is 24.7. The zero-order valence-electron chi connectivity index (χ0n) is 15.8. The maximum Gasteiger partial charge on any atom is 0.231 e. The minimum absolute atomic E-state index is 0. The summed E-state index contributed by atoms with van der Waals surface area (Å²) in [6.07, 6.45) is 2.16. The molecule has 0 aliphatic rings. The first kappa shape index (κ1) is 21.1. The van der Waals surface area contributed by atoms with Crippen molar-refractivity contribution in [1.29, 1.82) is 0 Å². The number of halogens is 1. The third-order valence-corrected chi connectivity index (χ3v) is 5.89. The van der Waals surface area contributed by atoms with Crippen molar-refractivity contribution in [1.82, 2.24) is 0 Å². The van der Waals surface area contributed by atoms with Crippen LogP contribution < -0.4 is 9.21 Å². The fourth-order valence-electron chi connectivity index (χ4n) is 2.93. The van der Waals surface area contributed by atoms with Crippen LogP contribution in [0.2, 0.25) is 0 Å². The van der Waals surface area contributed by atoms with Crippen LogP contribution in [0.1, 0.15) is 5.56 Å². The molecule has 0 aromatic heterocycles. The fraction of sp³-hybridized carbons (Fsp3) is 0.238. The molecule has 0 atom stereocenters. The Morgan fingerprint density at radius 1 is 0.815 bits per heavy atom. The molecule has 0 fully saturated rings. The largest absolute Gasteiger partial charge is 0.374 e. The molecular weight excluding hydrogens is 380 g/mol. The molecule has 0 aliphatic carbocycles. The average Bonchev–Trinajstić information content (AvgIpc) is 2.65. The fourth-order valence-corrected chi connectivity index (χ4v) is 3.43. The van der Waals surface area contributed by atoms with Crippen molar-refractivity contribution in [2.24, 2.45) is 0 Å². The number of nitrogens with zero attached hydrogens (tertiary/aromatic N) is 2. The second kappa shape index (κ2) is 8.63. The van der Waals surface area contributed by atoms with Gasteiger partial charge in [0.15, 0.2) is 0 Å². The van der Waals surface area contributed by atoms with Gasteiger partial charge in [0.1, 0.15) is 0 Å². The lowest BCUT2D eigenvalue weighted by Gasteiger charge is -2.19. The van der Waals surface area contributed by atoms with Crippen molar-refractivity contribution >= 4 is 44.6 Å². The Kier molecular flexibility index (Phi) is 6.73. The van der Waals surface area contributed by atoms with Crippen molar-refractivity contribution in [3.05, 3.63) is 72.3 Å².